The second kappa shape index (κ2) is 5.39. The topological polar surface area (TPSA) is 9.23 Å². The Labute approximate surface area is 94.4 Å². The first-order valence-corrected chi connectivity index (χ1v) is 5.13. The average Bonchev–Trinajstić information content (AvgIpc) is 2.14. The Kier molecular flexibility index (Phi) is 4.45. The zero-order chi connectivity index (χ0) is 11.3. The molecular weight excluding hydrogens is 273 g/mol. The first-order chi connectivity index (χ1) is 6.97. The number of halogens is 4. The van der Waals surface area contributed by atoms with Gasteiger partial charge in [-0.15, -0.1) is 0 Å². The van der Waals surface area contributed by atoms with Crippen LogP contribution in [0.25, 0.3) is 0 Å². The van der Waals surface area contributed by atoms with Crippen molar-refractivity contribution in [1.82, 2.24) is 0 Å². The second-order valence-electron chi connectivity index (χ2n) is 2.94. The van der Waals surface area contributed by atoms with Crippen molar-refractivity contribution in [3.05, 3.63) is 28.7 Å². The van der Waals surface area contributed by atoms with Gasteiger partial charge < -0.3 is 4.74 Å². The zero-order valence-corrected chi connectivity index (χ0v) is 9.36. The van der Waals surface area contributed by atoms with Gasteiger partial charge in [-0.25, -0.2) is 0 Å². The Morgan fingerprint density at radius 3 is 2.60 bits per heavy atom. The number of alkyl halides is 3. The normalized spacial score (nSPS) is 11.5. The maximum absolute atomic E-state index is 11.8. The summed E-state index contributed by atoms with van der Waals surface area (Å²) in [5, 5.41) is 0. The molecule has 0 saturated carbocycles. The van der Waals surface area contributed by atoms with Crippen LogP contribution in [0.3, 0.4) is 0 Å². The van der Waals surface area contributed by atoms with Crippen molar-refractivity contribution >= 4 is 15.9 Å². The maximum Gasteiger partial charge on any atom is 0.389 e. The molecule has 0 unspecified atom stereocenters. The fourth-order valence-corrected chi connectivity index (χ4v) is 1.18. The minimum absolute atomic E-state index is 0.0343. The molecule has 0 spiro atoms. The molecule has 15 heavy (non-hydrogen) atoms. The van der Waals surface area contributed by atoms with Crippen molar-refractivity contribution in [1.29, 1.82) is 0 Å². The minimum Gasteiger partial charge on any atom is -0.493 e. The summed E-state index contributed by atoms with van der Waals surface area (Å²) in [7, 11) is 0. The molecule has 0 fully saturated rings. The van der Waals surface area contributed by atoms with Crippen molar-refractivity contribution in [2.75, 3.05) is 6.61 Å². The molecule has 0 atom stereocenters. The molecule has 0 aromatic heterocycles. The van der Waals surface area contributed by atoms with Crippen LogP contribution in [0.4, 0.5) is 13.2 Å². The lowest BCUT2D eigenvalue weighted by Gasteiger charge is -2.07. The first kappa shape index (κ1) is 12.4. The van der Waals surface area contributed by atoms with E-state index in [4.69, 9.17) is 4.74 Å². The van der Waals surface area contributed by atoms with Gasteiger partial charge in [-0.1, -0.05) is 15.9 Å². The molecule has 0 bridgehead atoms. The molecule has 1 radical (unpaired) electrons. The molecule has 83 valence electrons. The van der Waals surface area contributed by atoms with Crippen LogP contribution < -0.4 is 4.74 Å². The molecule has 0 saturated heterocycles. The van der Waals surface area contributed by atoms with E-state index in [0.29, 0.717) is 5.75 Å². The standard InChI is InChI=1S/C10H9BrF3O/c11-8-2-4-9(5-3-8)15-7-1-6-10(12,13)14/h2-4H,1,6-7H2. The SMILES string of the molecule is FC(F)(F)CCCOc1[c]cc(Br)cc1. The van der Waals surface area contributed by atoms with Gasteiger partial charge in [0.15, 0.2) is 0 Å². The van der Waals surface area contributed by atoms with Crippen LogP contribution in [-0.2, 0) is 0 Å². The monoisotopic (exact) mass is 281 g/mol. The Morgan fingerprint density at radius 1 is 1.33 bits per heavy atom. The predicted molar refractivity (Wildman–Crippen MR) is 53.8 cm³/mol. The maximum atomic E-state index is 11.8. The predicted octanol–water partition coefficient (Wildman–Crippen LogP) is 3.97. The van der Waals surface area contributed by atoms with Gasteiger partial charge >= 0.3 is 6.18 Å². The van der Waals surface area contributed by atoms with Gasteiger partial charge in [0.1, 0.15) is 5.75 Å². The van der Waals surface area contributed by atoms with Crippen LogP contribution in [0, 0.1) is 6.07 Å². The van der Waals surface area contributed by atoms with Crippen LogP contribution in [-0.4, -0.2) is 12.8 Å². The third kappa shape index (κ3) is 5.67. The van der Waals surface area contributed by atoms with Gasteiger partial charge in [0.05, 0.1) is 6.61 Å². The molecule has 1 aromatic carbocycles. The summed E-state index contributed by atoms with van der Waals surface area (Å²) >= 11 is 3.22. The number of rotatable bonds is 4. The third-order valence-electron chi connectivity index (χ3n) is 1.61. The van der Waals surface area contributed by atoms with E-state index in [9.17, 15) is 13.2 Å². The smallest absolute Gasteiger partial charge is 0.389 e. The zero-order valence-electron chi connectivity index (χ0n) is 7.77. The highest BCUT2D eigenvalue weighted by Crippen LogP contribution is 2.21. The molecule has 0 aliphatic rings. The summed E-state index contributed by atoms with van der Waals surface area (Å²) in [5.74, 6) is 0.459. The summed E-state index contributed by atoms with van der Waals surface area (Å²) < 4.78 is 41.2. The van der Waals surface area contributed by atoms with E-state index in [1.807, 2.05) is 0 Å². The van der Waals surface area contributed by atoms with E-state index in [1.165, 1.54) is 0 Å². The fraction of sp³-hybridized carbons (Fsp3) is 0.400. The highest BCUT2D eigenvalue weighted by molar-refractivity contribution is 9.10. The van der Waals surface area contributed by atoms with E-state index in [1.54, 1.807) is 18.2 Å². The summed E-state index contributed by atoms with van der Waals surface area (Å²) in [6, 6.07) is 7.83. The number of hydrogen-bond donors (Lipinski definition) is 0. The molecule has 0 aliphatic carbocycles. The summed E-state index contributed by atoms with van der Waals surface area (Å²) in [6.45, 7) is 0.0532. The van der Waals surface area contributed by atoms with E-state index < -0.39 is 12.6 Å². The average molecular weight is 282 g/mol. The van der Waals surface area contributed by atoms with Crippen LogP contribution in [0.1, 0.15) is 12.8 Å². The molecule has 5 heteroatoms. The van der Waals surface area contributed by atoms with Crippen molar-refractivity contribution < 1.29 is 17.9 Å². The van der Waals surface area contributed by atoms with Crippen molar-refractivity contribution in [3.63, 3.8) is 0 Å². The molecule has 0 N–H and O–H groups in total. The second-order valence-corrected chi connectivity index (χ2v) is 3.85. The van der Waals surface area contributed by atoms with E-state index in [2.05, 4.69) is 22.0 Å². The Balaban J connectivity index is 2.23. The van der Waals surface area contributed by atoms with E-state index >= 15 is 0 Å². The lowest BCUT2D eigenvalue weighted by molar-refractivity contribution is -0.136. The third-order valence-corrected chi connectivity index (χ3v) is 2.10. The summed E-state index contributed by atoms with van der Waals surface area (Å²) in [5.41, 5.74) is 0. The van der Waals surface area contributed by atoms with Crippen molar-refractivity contribution in [2.24, 2.45) is 0 Å². The van der Waals surface area contributed by atoms with Crippen LogP contribution in [0.5, 0.6) is 5.75 Å². The molecule has 0 heterocycles. The van der Waals surface area contributed by atoms with Gasteiger partial charge in [0.25, 0.3) is 0 Å². The van der Waals surface area contributed by atoms with Gasteiger partial charge in [0.2, 0.25) is 0 Å². The fourth-order valence-electron chi connectivity index (χ4n) is 0.936. The van der Waals surface area contributed by atoms with Crippen molar-refractivity contribution in [3.8, 4) is 5.75 Å². The lowest BCUT2D eigenvalue weighted by atomic mass is 10.3. The first-order valence-electron chi connectivity index (χ1n) is 4.34. The van der Waals surface area contributed by atoms with Crippen LogP contribution in [0.2, 0.25) is 0 Å². The molecule has 1 nitrogen and oxygen atoms in total. The van der Waals surface area contributed by atoms with Gasteiger partial charge in [-0.05, 0) is 24.6 Å². The van der Waals surface area contributed by atoms with E-state index in [-0.39, 0.29) is 13.0 Å². The Bertz CT molecular complexity index is 295. The van der Waals surface area contributed by atoms with Gasteiger partial charge in [-0.3, -0.25) is 0 Å². The Hall–Kier alpha value is -0.710. The number of benzene rings is 1. The lowest BCUT2D eigenvalue weighted by Crippen LogP contribution is -2.09. The summed E-state index contributed by atoms with van der Waals surface area (Å²) in [4.78, 5) is 0. The molecule has 0 amide bonds. The van der Waals surface area contributed by atoms with E-state index in [0.717, 1.165) is 4.47 Å². The highest BCUT2D eigenvalue weighted by atomic mass is 79.9. The quantitative estimate of drug-likeness (QED) is 0.759. The van der Waals surface area contributed by atoms with Crippen LogP contribution >= 0.6 is 15.9 Å². The minimum atomic E-state index is -4.10. The molecule has 1 aromatic rings. The summed E-state index contributed by atoms with van der Waals surface area (Å²) in [6.07, 6.45) is -4.95. The highest BCUT2D eigenvalue weighted by Gasteiger charge is 2.25. The van der Waals surface area contributed by atoms with Gasteiger partial charge in [0, 0.05) is 17.0 Å². The van der Waals surface area contributed by atoms with Gasteiger partial charge in [-0.2, -0.15) is 13.2 Å². The number of ether oxygens (including phenoxy) is 1. The number of hydrogen-bond acceptors (Lipinski definition) is 1. The molecule has 1 rings (SSSR count). The molecular formula is C10H9BrF3O. The largest absolute Gasteiger partial charge is 0.493 e. The molecule has 0 aliphatic heterocycles. The Morgan fingerprint density at radius 2 is 2.07 bits per heavy atom. The van der Waals surface area contributed by atoms with Crippen molar-refractivity contribution in [2.45, 2.75) is 19.0 Å². The van der Waals surface area contributed by atoms with Crippen LogP contribution in [0.15, 0.2) is 22.7 Å².